The van der Waals surface area contributed by atoms with Gasteiger partial charge in [-0.2, -0.15) is 0 Å². The van der Waals surface area contributed by atoms with Gasteiger partial charge in [0, 0.05) is 17.9 Å². The normalized spacial score (nSPS) is 34.5. The van der Waals surface area contributed by atoms with Crippen LogP contribution >= 0.6 is 0 Å². The molecule has 2 aliphatic heterocycles. The Morgan fingerprint density at radius 3 is 3.07 bits per heavy atom. The minimum Gasteiger partial charge on any atom is -0.491 e. The minimum atomic E-state index is -0.625. The largest absolute Gasteiger partial charge is 0.491 e. The molecule has 74 valence electrons. The van der Waals surface area contributed by atoms with Crippen molar-refractivity contribution in [1.29, 1.82) is 0 Å². The topological polar surface area (TPSA) is 38.7 Å². The van der Waals surface area contributed by atoms with E-state index in [1.165, 1.54) is 5.56 Å². The lowest BCUT2D eigenvalue weighted by Crippen LogP contribution is -2.28. The highest BCUT2D eigenvalue weighted by molar-refractivity contribution is 5.39. The first kappa shape index (κ1) is 8.26. The summed E-state index contributed by atoms with van der Waals surface area (Å²) in [5.41, 5.74) is 1.17. The molecule has 1 fully saturated rings. The average molecular weight is 192 g/mol. The standard InChI is InChI=1S/C11H12O3/c12-11-5-8-7-3-1-2-4-9(7)13-6-10(8)14-11/h1-4,8,10-12H,5-6H2. The maximum absolute atomic E-state index is 9.41. The molecule has 0 bridgehead atoms. The Morgan fingerprint density at radius 2 is 2.14 bits per heavy atom. The molecule has 0 saturated carbocycles. The zero-order valence-corrected chi connectivity index (χ0v) is 7.72. The monoisotopic (exact) mass is 192 g/mol. The number of para-hydroxylation sites is 1. The summed E-state index contributed by atoms with van der Waals surface area (Å²) in [7, 11) is 0. The van der Waals surface area contributed by atoms with Crippen LogP contribution in [0.15, 0.2) is 24.3 Å². The van der Waals surface area contributed by atoms with Crippen LogP contribution in [0.5, 0.6) is 5.75 Å². The maximum atomic E-state index is 9.41. The van der Waals surface area contributed by atoms with Gasteiger partial charge >= 0.3 is 0 Å². The number of ether oxygens (including phenoxy) is 2. The minimum absolute atomic E-state index is 0.0277. The summed E-state index contributed by atoms with van der Waals surface area (Å²) >= 11 is 0. The predicted octanol–water partition coefficient (Wildman–Crippen LogP) is 1.27. The van der Waals surface area contributed by atoms with Crippen LogP contribution in [0.4, 0.5) is 0 Å². The Labute approximate surface area is 82.3 Å². The molecule has 0 aliphatic carbocycles. The third-order valence-electron chi connectivity index (χ3n) is 2.96. The van der Waals surface area contributed by atoms with Crippen LogP contribution in [0.25, 0.3) is 0 Å². The summed E-state index contributed by atoms with van der Waals surface area (Å²) in [5, 5.41) is 9.41. The van der Waals surface area contributed by atoms with Gasteiger partial charge in [-0.3, -0.25) is 0 Å². The molecule has 2 aliphatic rings. The fraction of sp³-hybridized carbons (Fsp3) is 0.455. The Balaban J connectivity index is 2.01. The second-order valence-corrected chi connectivity index (χ2v) is 3.82. The lowest BCUT2D eigenvalue weighted by atomic mass is 9.90. The van der Waals surface area contributed by atoms with E-state index in [1.54, 1.807) is 0 Å². The summed E-state index contributed by atoms with van der Waals surface area (Å²) in [6.45, 7) is 0.554. The van der Waals surface area contributed by atoms with Crippen molar-refractivity contribution in [3.05, 3.63) is 29.8 Å². The molecule has 0 radical (unpaired) electrons. The van der Waals surface area contributed by atoms with Gasteiger partial charge in [0.25, 0.3) is 0 Å². The van der Waals surface area contributed by atoms with Crippen LogP contribution in [0.2, 0.25) is 0 Å². The van der Waals surface area contributed by atoms with E-state index in [2.05, 4.69) is 0 Å². The van der Waals surface area contributed by atoms with E-state index in [4.69, 9.17) is 9.47 Å². The summed E-state index contributed by atoms with van der Waals surface area (Å²) in [6.07, 6.45) is 0.0880. The predicted molar refractivity (Wildman–Crippen MR) is 50.2 cm³/mol. The molecule has 3 unspecified atom stereocenters. The second kappa shape index (κ2) is 2.97. The molecular formula is C11H12O3. The third kappa shape index (κ3) is 1.13. The Kier molecular flexibility index (Phi) is 1.75. The van der Waals surface area contributed by atoms with Crippen LogP contribution in [0.3, 0.4) is 0 Å². The van der Waals surface area contributed by atoms with Gasteiger partial charge in [-0.25, -0.2) is 0 Å². The summed E-state index contributed by atoms with van der Waals surface area (Å²) in [5.74, 6) is 1.24. The second-order valence-electron chi connectivity index (χ2n) is 3.82. The van der Waals surface area contributed by atoms with Gasteiger partial charge in [-0.05, 0) is 6.07 Å². The van der Waals surface area contributed by atoms with E-state index in [0.717, 1.165) is 5.75 Å². The van der Waals surface area contributed by atoms with Crippen LogP contribution in [-0.4, -0.2) is 24.1 Å². The number of hydrogen-bond acceptors (Lipinski definition) is 3. The van der Waals surface area contributed by atoms with E-state index in [-0.39, 0.29) is 6.10 Å². The van der Waals surface area contributed by atoms with Gasteiger partial charge in [0.05, 0.1) is 0 Å². The number of aliphatic hydroxyl groups excluding tert-OH is 1. The summed E-state index contributed by atoms with van der Waals surface area (Å²) < 4.78 is 10.9. The molecule has 3 nitrogen and oxygen atoms in total. The van der Waals surface area contributed by atoms with Gasteiger partial charge in [-0.15, -0.1) is 0 Å². The quantitative estimate of drug-likeness (QED) is 0.672. The van der Waals surface area contributed by atoms with Crippen molar-refractivity contribution in [2.24, 2.45) is 0 Å². The number of hydrogen-bond donors (Lipinski definition) is 1. The molecule has 1 saturated heterocycles. The first-order chi connectivity index (χ1) is 6.84. The highest BCUT2D eigenvalue weighted by Crippen LogP contribution is 2.41. The number of fused-ring (bicyclic) bond motifs is 3. The zero-order valence-electron chi connectivity index (χ0n) is 7.72. The van der Waals surface area contributed by atoms with Crippen molar-refractivity contribution in [3.63, 3.8) is 0 Å². The first-order valence-corrected chi connectivity index (χ1v) is 4.90. The SMILES string of the molecule is OC1CC2c3ccccc3OCC2O1. The van der Waals surface area contributed by atoms with E-state index in [9.17, 15) is 5.11 Å². The molecule has 2 heterocycles. The molecule has 1 N–H and O–H groups in total. The Hall–Kier alpha value is -1.06. The van der Waals surface area contributed by atoms with Crippen LogP contribution in [0, 0.1) is 0 Å². The molecule has 0 amide bonds. The van der Waals surface area contributed by atoms with Crippen molar-refractivity contribution < 1.29 is 14.6 Å². The lowest BCUT2D eigenvalue weighted by molar-refractivity contribution is -0.101. The van der Waals surface area contributed by atoms with Gasteiger partial charge in [0.1, 0.15) is 18.5 Å². The molecular weight excluding hydrogens is 180 g/mol. The average Bonchev–Trinajstić information content (AvgIpc) is 2.59. The molecule has 1 aromatic carbocycles. The molecule has 0 spiro atoms. The Morgan fingerprint density at radius 1 is 1.29 bits per heavy atom. The van der Waals surface area contributed by atoms with E-state index < -0.39 is 6.29 Å². The van der Waals surface area contributed by atoms with E-state index in [1.807, 2.05) is 24.3 Å². The molecule has 3 heteroatoms. The fourth-order valence-corrected chi connectivity index (χ4v) is 2.29. The van der Waals surface area contributed by atoms with Gasteiger partial charge in [0.15, 0.2) is 6.29 Å². The first-order valence-electron chi connectivity index (χ1n) is 4.90. The zero-order chi connectivity index (χ0) is 9.54. The van der Waals surface area contributed by atoms with Crippen molar-refractivity contribution >= 4 is 0 Å². The molecule has 3 atom stereocenters. The van der Waals surface area contributed by atoms with Gasteiger partial charge in [0.2, 0.25) is 0 Å². The van der Waals surface area contributed by atoms with Crippen molar-refractivity contribution in [2.45, 2.75) is 24.7 Å². The van der Waals surface area contributed by atoms with E-state index in [0.29, 0.717) is 18.9 Å². The van der Waals surface area contributed by atoms with Gasteiger partial charge in [-0.1, -0.05) is 18.2 Å². The van der Waals surface area contributed by atoms with Crippen LogP contribution in [-0.2, 0) is 4.74 Å². The van der Waals surface area contributed by atoms with Crippen LogP contribution < -0.4 is 4.74 Å². The molecule has 1 aromatic rings. The van der Waals surface area contributed by atoms with Gasteiger partial charge < -0.3 is 14.6 Å². The number of benzene rings is 1. The maximum Gasteiger partial charge on any atom is 0.155 e. The van der Waals surface area contributed by atoms with Crippen molar-refractivity contribution in [3.8, 4) is 5.75 Å². The molecule has 3 rings (SSSR count). The summed E-state index contributed by atoms with van der Waals surface area (Å²) in [4.78, 5) is 0. The highest BCUT2D eigenvalue weighted by Gasteiger charge is 2.39. The van der Waals surface area contributed by atoms with Crippen molar-refractivity contribution in [2.75, 3.05) is 6.61 Å². The fourth-order valence-electron chi connectivity index (χ4n) is 2.29. The molecule has 0 aromatic heterocycles. The lowest BCUT2D eigenvalue weighted by Gasteiger charge is -2.26. The third-order valence-corrected chi connectivity index (χ3v) is 2.96. The smallest absolute Gasteiger partial charge is 0.155 e. The Bertz CT molecular complexity index is 350. The number of aliphatic hydroxyl groups is 1. The van der Waals surface area contributed by atoms with Crippen molar-refractivity contribution in [1.82, 2.24) is 0 Å². The summed E-state index contributed by atoms with van der Waals surface area (Å²) in [6, 6.07) is 7.98. The number of rotatable bonds is 0. The van der Waals surface area contributed by atoms with E-state index >= 15 is 0 Å². The molecule has 14 heavy (non-hydrogen) atoms. The highest BCUT2D eigenvalue weighted by atomic mass is 16.6. The van der Waals surface area contributed by atoms with Crippen LogP contribution in [0.1, 0.15) is 17.9 Å².